The number of thioether (sulfide) groups is 1. The first-order chi connectivity index (χ1) is 7.70. The van der Waals surface area contributed by atoms with Crippen molar-refractivity contribution in [2.45, 2.75) is 31.1 Å². The van der Waals surface area contributed by atoms with Crippen LogP contribution in [-0.2, 0) is 6.54 Å². The molecule has 1 aromatic carbocycles. The quantitative estimate of drug-likeness (QED) is 0.880. The Kier molecular flexibility index (Phi) is 4.17. The molecule has 1 unspecified atom stereocenters. The van der Waals surface area contributed by atoms with Crippen molar-refractivity contribution in [3.05, 3.63) is 34.9 Å². The summed E-state index contributed by atoms with van der Waals surface area (Å²) in [5.41, 5.74) is 1.19. The summed E-state index contributed by atoms with van der Waals surface area (Å²) in [4.78, 5) is 0. The minimum absolute atomic E-state index is 0.432. The van der Waals surface area contributed by atoms with Gasteiger partial charge in [0.1, 0.15) is 0 Å². The van der Waals surface area contributed by atoms with Crippen LogP contribution >= 0.6 is 23.4 Å². The Labute approximate surface area is 107 Å². The normalized spacial score (nSPS) is 24.9. The van der Waals surface area contributed by atoms with Gasteiger partial charge in [-0.1, -0.05) is 29.8 Å². The smallest absolute Gasteiger partial charge is 0.0450 e. The molecule has 1 aromatic rings. The fraction of sp³-hybridized carbons (Fsp3) is 0.538. The molecule has 0 saturated carbocycles. The van der Waals surface area contributed by atoms with E-state index in [2.05, 4.69) is 30.1 Å². The highest BCUT2D eigenvalue weighted by molar-refractivity contribution is 8.00. The molecule has 0 bridgehead atoms. The lowest BCUT2D eigenvalue weighted by Crippen LogP contribution is -2.32. The summed E-state index contributed by atoms with van der Waals surface area (Å²) in [6.45, 7) is 4.29. The van der Waals surface area contributed by atoms with Gasteiger partial charge in [-0.05, 0) is 37.1 Å². The Hall–Kier alpha value is -0.180. The van der Waals surface area contributed by atoms with Crippen LogP contribution in [0.2, 0.25) is 5.02 Å². The van der Waals surface area contributed by atoms with Crippen LogP contribution in [0.5, 0.6) is 0 Å². The van der Waals surface area contributed by atoms with E-state index in [4.69, 9.17) is 11.6 Å². The summed E-state index contributed by atoms with van der Waals surface area (Å²) in [6.07, 6.45) is 2.68. The van der Waals surface area contributed by atoms with E-state index in [9.17, 15) is 0 Å². The number of nitrogens with one attached hydrogen (secondary N) is 1. The van der Waals surface area contributed by atoms with Gasteiger partial charge in [0.05, 0.1) is 0 Å². The van der Waals surface area contributed by atoms with E-state index in [1.165, 1.54) is 24.2 Å². The zero-order valence-corrected chi connectivity index (χ0v) is 11.2. The van der Waals surface area contributed by atoms with Crippen molar-refractivity contribution in [2.24, 2.45) is 0 Å². The van der Waals surface area contributed by atoms with Crippen molar-refractivity contribution in [1.29, 1.82) is 0 Å². The topological polar surface area (TPSA) is 12.0 Å². The molecule has 0 spiro atoms. The molecule has 1 aliphatic rings. The fourth-order valence-corrected chi connectivity index (χ4v) is 3.56. The summed E-state index contributed by atoms with van der Waals surface area (Å²) in [6, 6.07) is 8.04. The Morgan fingerprint density at radius 2 is 2.25 bits per heavy atom. The molecular weight excluding hydrogens is 238 g/mol. The van der Waals surface area contributed by atoms with Gasteiger partial charge in [-0.15, -0.1) is 0 Å². The van der Waals surface area contributed by atoms with E-state index >= 15 is 0 Å². The maximum absolute atomic E-state index is 6.11. The molecule has 0 aromatic heterocycles. The zero-order chi connectivity index (χ0) is 11.4. The fourth-order valence-electron chi connectivity index (χ4n) is 2.08. The van der Waals surface area contributed by atoms with Gasteiger partial charge in [0.15, 0.2) is 0 Å². The highest BCUT2D eigenvalue weighted by atomic mass is 35.5. The SMILES string of the molecule is CC1(CNCc2ccccc2Cl)CCCS1. The lowest BCUT2D eigenvalue weighted by atomic mass is 10.1. The van der Waals surface area contributed by atoms with E-state index in [-0.39, 0.29) is 0 Å². The molecule has 2 rings (SSSR count). The number of halogens is 1. The summed E-state index contributed by atoms with van der Waals surface area (Å²) in [5.74, 6) is 1.31. The van der Waals surface area contributed by atoms with Crippen LogP contribution in [0.15, 0.2) is 24.3 Å². The molecule has 3 heteroatoms. The average molecular weight is 256 g/mol. The van der Waals surface area contributed by atoms with Crippen molar-refractivity contribution in [2.75, 3.05) is 12.3 Å². The standard InChI is InChI=1S/C13H18ClNS/c1-13(7-4-8-16-13)10-15-9-11-5-2-3-6-12(11)14/h2-3,5-6,15H,4,7-10H2,1H3. The van der Waals surface area contributed by atoms with Crippen molar-refractivity contribution in [3.63, 3.8) is 0 Å². The largest absolute Gasteiger partial charge is 0.311 e. The molecule has 1 heterocycles. The van der Waals surface area contributed by atoms with E-state index in [0.29, 0.717) is 4.75 Å². The zero-order valence-electron chi connectivity index (χ0n) is 9.63. The maximum atomic E-state index is 6.11. The van der Waals surface area contributed by atoms with E-state index < -0.39 is 0 Å². The minimum Gasteiger partial charge on any atom is -0.311 e. The van der Waals surface area contributed by atoms with Gasteiger partial charge in [0.2, 0.25) is 0 Å². The lowest BCUT2D eigenvalue weighted by Gasteiger charge is -2.23. The van der Waals surface area contributed by atoms with Crippen LogP contribution in [0.25, 0.3) is 0 Å². The molecule has 16 heavy (non-hydrogen) atoms. The summed E-state index contributed by atoms with van der Waals surface area (Å²) in [5, 5.41) is 4.38. The molecule has 88 valence electrons. The molecule has 0 aliphatic carbocycles. The average Bonchev–Trinajstić information content (AvgIpc) is 2.68. The van der Waals surface area contributed by atoms with Crippen LogP contribution < -0.4 is 5.32 Å². The summed E-state index contributed by atoms with van der Waals surface area (Å²) in [7, 11) is 0. The number of hydrogen-bond acceptors (Lipinski definition) is 2. The third-order valence-electron chi connectivity index (χ3n) is 3.07. The number of hydrogen-bond donors (Lipinski definition) is 1. The van der Waals surface area contributed by atoms with Gasteiger partial charge in [0.25, 0.3) is 0 Å². The van der Waals surface area contributed by atoms with Gasteiger partial charge >= 0.3 is 0 Å². The van der Waals surface area contributed by atoms with Gasteiger partial charge in [-0.25, -0.2) is 0 Å². The summed E-state index contributed by atoms with van der Waals surface area (Å²) < 4.78 is 0.432. The van der Waals surface area contributed by atoms with Gasteiger partial charge in [-0.2, -0.15) is 11.8 Å². The molecule has 0 amide bonds. The first-order valence-electron chi connectivity index (χ1n) is 5.78. The first-order valence-corrected chi connectivity index (χ1v) is 7.14. The second kappa shape index (κ2) is 5.44. The van der Waals surface area contributed by atoms with Crippen molar-refractivity contribution >= 4 is 23.4 Å². The van der Waals surface area contributed by atoms with Crippen molar-refractivity contribution in [1.82, 2.24) is 5.32 Å². The van der Waals surface area contributed by atoms with Gasteiger partial charge in [-0.3, -0.25) is 0 Å². The second-order valence-electron chi connectivity index (χ2n) is 4.60. The molecule has 1 N–H and O–H groups in total. The van der Waals surface area contributed by atoms with Crippen molar-refractivity contribution in [3.8, 4) is 0 Å². The first kappa shape index (κ1) is 12.3. The molecular formula is C13H18ClNS. The molecule has 1 atom stereocenters. The van der Waals surface area contributed by atoms with Crippen LogP contribution in [-0.4, -0.2) is 17.0 Å². The lowest BCUT2D eigenvalue weighted by molar-refractivity contribution is 0.537. The molecule has 0 radical (unpaired) electrons. The number of rotatable bonds is 4. The number of benzene rings is 1. The van der Waals surface area contributed by atoms with Crippen molar-refractivity contribution < 1.29 is 0 Å². The second-order valence-corrected chi connectivity index (χ2v) is 6.69. The van der Waals surface area contributed by atoms with Crippen LogP contribution in [0.4, 0.5) is 0 Å². The van der Waals surface area contributed by atoms with Crippen LogP contribution in [0, 0.1) is 0 Å². The predicted octanol–water partition coefficient (Wildman–Crippen LogP) is 3.72. The Morgan fingerprint density at radius 3 is 2.94 bits per heavy atom. The Balaban J connectivity index is 1.82. The molecule has 1 saturated heterocycles. The highest BCUT2D eigenvalue weighted by Crippen LogP contribution is 2.37. The predicted molar refractivity (Wildman–Crippen MR) is 73.3 cm³/mol. The molecule has 1 nitrogen and oxygen atoms in total. The maximum Gasteiger partial charge on any atom is 0.0450 e. The van der Waals surface area contributed by atoms with Gasteiger partial charge in [0, 0.05) is 22.9 Å². The van der Waals surface area contributed by atoms with Crippen LogP contribution in [0.3, 0.4) is 0 Å². The summed E-state index contributed by atoms with van der Waals surface area (Å²) >= 11 is 8.20. The van der Waals surface area contributed by atoms with E-state index in [0.717, 1.165) is 18.1 Å². The minimum atomic E-state index is 0.432. The molecule has 1 fully saturated rings. The third-order valence-corrected chi connectivity index (χ3v) is 4.98. The van der Waals surface area contributed by atoms with Gasteiger partial charge < -0.3 is 5.32 Å². The Morgan fingerprint density at radius 1 is 1.44 bits per heavy atom. The Bertz CT molecular complexity index is 348. The van der Waals surface area contributed by atoms with Crippen LogP contribution in [0.1, 0.15) is 25.3 Å². The van der Waals surface area contributed by atoms with E-state index in [1.54, 1.807) is 0 Å². The molecule has 1 aliphatic heterocycles. The third kappa shape index (κ3) is 3.16. The monoisotopic (exact) mass is 255 g/mol. The van der Waals surface area contributed by atoms with E-state index in [1.807, 2.05) is 18.2 Å². The highest BCUT2D eigenvalue weighted by Gasteiger charge is 2.28.